The van der Waals surface area contributed by atoms with Crippen LogP contribution in [0.25, 0.3) is 0 Å². The molecule has 1 saturated heterocycles. The van der Waals surface area contributed by atoms with Gasteiger partial charge >= 0.3 is 6.09 Å². The second kappa shape index (κ2) is 5.60. The van der Waals surface area contributed by atoms with E-state index in [1.807, 2.05) is 12.3 Å². The molecule has 1 aliphatic heterocycles. The summed E-state index contributed by atoms with van der Waals surface area (Å²) in [6.45, 7) is 2.57. The largest absolute Gasteiger partial charge is 0.449 e. The van der Waals surface area contributed by atoms with E-state index >= 15 is 0 Å². The predicted molar refractivity (Wildman–Crippen MR) is 79.4 cm³/mol. The van der Waals surface area contributed by atoms with Crippen molar-refractivity contribution in [3.63, 3.8) is 0 Å². The van der Waals surface area contributed by atoms with Crippen LogP contribution in [0.1, 0.15) is 12.8 Å². The smallest absolute Gasteiger partial charge is 0.404 e. The van der Waals surface area contributed by atoms with E-state index in [2.05, 4.69) is 31.9 Å². The minimum Gasteiger partial charge on any atom is -0.449 e. The van der Waals surface area contributed by atoms with E-state index in [0.717, 1.165) is 36.2 Å². The van der Waals surface area contributed by atoms with Gasteiger partial charge in [0.2, 0.25) is 0 Å². The number of rotatable bonds is 3. The Balaban J connectivity index is 1.55. The monoisotopic (exact) mass is 339 g/mol. The number of anilines is 1. The topological polar surface area (TPSA) is 68.5 Å². The summed E-state index contributed by atoms with van der Waals surface area (Å²) in [5.74, 6) is 2.88. The highest BCUT2D eigenvalue weighted by Crippen LogP contribution is 2.42. The van der Waals surface area contributed by atoms with E-state index < -0.39 is 6.09 Å². The number of nitrogens with zero attached hydrogens (tertiary/aromatic N) is 2. The molecule has 1 aromatic rings. The van der Waals surface area contributed by atoms with Gasteiger partial charge in [-0.3, -0.25) is 0 Å². The lowest BCUT2D eigenvalue weighted by atomic mass is 10.0. The standard InChI is InChI=1S/C14H18BrN3O2/c15-12-1-2-13(17-5-12)18-6-10-3-9(4-11(10)7-18)8-20-14(16)19/h1-2,5,9-11H,3-4,6-8H2,(H2,16,19)/t9?,10-,11+. The molecule has 1 amide bonds. The van der Waals surface area contributed by atoms with E-state index in [-0.39, 0.29) is 0 Å². The number of amides is 1. The quantitative estimate of drug-likeness (QED) is 0.917. The molecule has 1 unspecified atom stereocenters. The zero-order valence-electron chi connectivity index (χ0n) is 11.2. The van der Waals surface area contributed by atoms with Crippen molar-refractivity contribution in [2.24, 2.45) is 23.5 Å². The molecule has 3 atom stereocenters. The lowest BCUT2D eigenvalue weighted by molar-refractivity contribution is 0.135. The van der Waals surface area contributed by atoms with Crippen molar-refractivity contribution >= 4 is 27.8 Å². The van der Waals surface area contributed by atoms with Gasteiger partial charge in [0.25, 0.3) is 0 Å². The van der Waals surface area contributed by atoms with E-state index in [1.165, 1.54) is 0 Å². The van der Waals surface area contributed by atoms with Gasteiger partial charge in [0.05, 0.1) is 6.61 Å². The number of nitrogens with two attached hydrogens (primary N) is 1. The lowest BCUT2D eigenvalue weighted by Crippen LogP contribution is -2.24. The summed E-state index contributed by atoms with van der Waals surface area (Å²) in [5, 5.41) is 0. The molecule has 20 heavy (non-hydrogen) atoms. The van der Waals surface area contributed by atoms with Crippen LogP contribution in [0.4, 0.5) is 10.6 Å². The van der Waals surface area contributed by atoms with Crippen LogP contribution >= 0.6 is 15.9 Å². The van der Waals surface area contributed by atoms with Crippen LogP contribution in [0.2, 0.25) is 0 Å². The highest BCUT2D eigenvalue weighted by atomic mass is 79.9. The van der Waals surface area contributed by atoms with Crippen molar-refractivity contribution in [3.8, 4) is 0 Å². The number of fused-ring (bicyclic) bond motifs is 1. The second-order valence-corrected chi connectivity index (χ2v) is 6.64. The Morgan fingerprint density at radius 2 is 2.10 bits per heavy atom. The van der Waals surface area contributed by atoms with Crippen LogP contribution < -0.4 is 10.6 Å². The predicted octanol–water partition coefficient (Wildman–Crippen LogP) is 2.40. The van der Waals surface area contributed by atoms with Crippen LogP contribution in [0.5, 0.6) is 0 Å². The fraction of sp³-hybridized carbons (Fsp3) is 0.571. The fourth-order valence-electron chi connectivity index (χ4n) is 3.50. The van der Waals surface area contributed by atoms with E-state index in [4.69, 9.17) is 10.5 Å². The van der Waals surface area contributed by atoms with E-state index in [0.29, 0.717) is 24.4 Å². The number of hydrogen-bond acceptors (Lipinski definition) is 4. The first-order valence-corrected chi connectivity index (χ1v) is 7.70. The van der Waals surface area contributed by atoms with Crippen LogP contribution in [-0.2, 0) is 4.74 Å². The van der Waals surface area contributed by atoms with Crippen LogP contribution in [0.15, 0.2) is 22.8 Å². The number of pyridine rings is 1. The number of carbonyl (C=O) groups excluding carboxylic acids is 1. The van der Waals surface area contributed by atoms with Crippen molar-refractivity contribution < 1.29 is 9.53 Å². The number of hydrogen-bond donors (Lipinski definition) is 1. The summed E-state index contributed by atoms with van der Waals surface area (Å²) >= 11 is 3.41. The Morgan fingerprint density at radius 3 is 2.65 bits per heavy atom. The van der Waals surface area contributed by atoms with Gasteiger partial charge < -0.3 is 15.4 Å². The SMILES string of the molecule is NC(=O)OCC1C[C@@H]2CN(c3ccc(Br)cn3)C[C@@H]2C1. The van der Waals surface area contributed by atoms with Gasteiger partial charge in [-0.2, -0.15) is 0 Å². The first-order chi connectivity index (χ1) is 9.61. The molecule has 0 spiro atoms. The second-order valence-electron chi connectivity index (χ2n) is 5.73. The number of primary amides is 1. The van der Waals surface area contributed by atoms with E-state index in [1.54, 1.807) is 0 Å². The van der Waals surface area contributed by atoms with Crippen molar-refractivity contribution in [2.75, 3.05) is 24.6 Å². The third kappa shape index (κ3) is 2.90. The molecule has 2 aliphatic rings. The highest BCUT2D eigenvalue weighted by molar-refractivity contribution is 9.10. The average Bonchev–Trinajstić information content (AvgIpc) is 2.95. The van der Waals surface area contributed by atoms with E-state index in [9.17, 15) is 4.79 Å². The summed E-state index contributed by atoms with van der Waals surface area (Å²) in [6.07, 6.45) is 3.41. The molecule has 6 heteroatoms. The number of carbonyl (C=O) groups is 1. The van der Waals surface area contributed by atoms with Gasteiger partial charge in [-0.1, -0.05) is 0 Å². The maximum Gasteiger partial charge on any atom is 0.404 e. The fourth-order valence-corrected chi connectivity index (χ4v) is 3.74. The molecule has 1 aromatic heterocycles. The molecule has 2 N–H and O–H groups in total. The van der Waals surface area contributed by atoms with Gasteiger partial charge in [-0.25, -0.2) is 9.78 Å². The minimum atomic E-state index is -0.664. The van der Waals surface area contributed by atoms with Crippen LogP contribution in [0, 0.1) is 17.8 Å². The molecular formula is C14H18BrN3O2. The van der Waals surface area contributed by atoms with Gasteiger partial charge in [0.1, 0.15) is 5.82 Å². The van der Waals surface area contributed by atoms with Gasteiger partial charge in [-0.05, 0) is 58.7 Å². The number of halogens is 1. The zero-order valence-corrected chi connectivity index (χ0v) is 12.8. The Kier molecular flexibility index (Phi) is 3.83. The number of aromatic nitrogens is 1. The maximum absolute atomic E-state index is 10.6. The van der Waals surface area contributed by atoms with Crippen LogP contribution in [-0.4, -0.2) is 30.8 Å². The molecule has 108 valence electrons. The van der Waals surface area contributed by atoms with Crippen molar-refractivity contribution in [3.05, 3.63) is 22.8 Å². The zero-order chi connectivity index (χ0) is 14.1. The Labute approximate surface area is 126 Å². The van der Waals surface area contributed by atoms with Crippen molar-refractivity contribution in [2.45, 2.75) is 12.8 Å². The van der Waals surface area contributed by atoms with Gasteiger partial charge in [-0.15, -0.1) is 0 Å². The third-order valence-electron chi connectivity index (χ3n) is 4.35. The third-order valence-corrected chi connectivity index (χ3v) is 4.81. The molecule has 3 rings (SSSR count). The summed E-state index contributed by atoms with van der Waals surface area (Å²) in [6, 6.07) is 4.08. The Hall–Kier alpha value is -1.30. The Bertz CT molecular complexity index is 480. The lowest BCUT2D eigenvalue weighted by Gasteiger charge is -2.20. The molecule has 2 fully saturated rings. The minimum absolute atomic E-state index is 0.470. The molecule has 1 aliphatic carbocycles. The number of ether oxygens (including phenoxy) is 1. The maximum atomic E-state index is 10.6. The molecule has 0 aromatic carbocycles. The molecule has 0 bridgehead atoms. The molecular weight excluding hydrogens is 322 g/mol. The summed E-state index contributed by atoms with van der Waals surface area (Å²) in [5.41, 5.74) is 5.02. The van der Waals surface area contributed by atoms with Crippen LogP contribution in [0.3, 0.4) is 0 Å². The first kappa shape index (κ1) is 13.7. The first-order valence-electron chi connectivity index (χ1n) is 6.90. The molecule has 1 saturated carbocycles. The molecule has 0 radical (unpaired) electrons. The Morgan fingerprint density at radius 1 is 1.40 bits per heavy atom. The van der Waals surface area contributed by atoms with Gasteiger partial charge in [0, 0.05) is 23.8 Å². The average molecular weight is 340 g/mol. The molecule has 5 nitrogen and oxygen atoms in total. The van der Waals surface area contributed by atoms with Crippen molar-refractivity contribution in [1.82, 2.24) is 4.98 Å². The summed E-state index contributed by atoms with van der Waals surface area (Å²) in [4.78, 5) is 17.5. The highest BCUT2D eigenvalue weighted by Gasteiger charge is 2.41. The summed E-state index contributed by atoms with van der Waals surface area (Å²) in [7, 11) is 0. The van der Waals surface area contributed by atoms with Gasteiger partial charge in [0.15, 0.2) is 0 Å². The summed E-state index contributed by atoms with van der Waals surface area (Å²) < 4.78 is 5.93. The molecule has 2 heterocycles. The van der Waals surface area contributed by atoms with Crippen molar-refractivity contribution in [1.29, 1.82) is 0 Å². The normalized spacial score (nSPS) is 28.4.